The van der Waals surface area contributed by atoms with Crippen LogP contribution in [0, 0.1) is 11.8 Å². The molecule has 2 heterocycles. The number of hydrogen-bond acceptors (Lipinski definition) is 3. The van der Waals surface area contributed by atoms with Crippen molar-refractivity contribution in [3.63, 3.8) is 0 Å². The lowest BCUT2D eigenvalue weighted by Crippen LogP contribution is -2.43. The quantitative estimate of drug-likeness (QED) is 0.874. The van der Waals surface area contributed by atoms with Gasteiger partial charge in [-0.15, -0.1) is 0 Å². The Balaban J connectivity index is 1.43. The zero-order valence-electron chi connectivity index (χ0n) is 14.9. The molecule has 1 saturated heterocycles. The molecule has 1 aliphatic rings. The van der Waals surface area contributed by atoms with Crippen molar-refractivity contribution in [2.45, 2.75) is 33.1 Å². The predicted molar refractivity (Wildman–Crippen MR) is 96.9 cm³/mol. The molecule has 0 radical (unpaired) electrons. The van der Waals surface area contributed by atoms with E-state index in [2.05, 4.69) is 15.3 Å². The second-order valence-electron chi connectivity index (χ2n) is 7.10. The Bertz CT molecular complexity index is 712. The van der Waals surface area contributed by atoms with Gasteiger partial charge in [0.25, 0.3) is 0 Å². The molecule has 2 N–H and O–H groups in total. The Kier molecular flexibility index (Phi) is 5.36. The van der Waals surface area contributed by atoms with Gasteiger partial charge >= 0.3 is 0 Å². The first kappa shape index (κ1) is 17.5. The van der Waals surface area contributed by atoms with Crippen LogP contribution in [0.4, 0.5) is 0 Å². The first-order valence-electron chi connectivity index (χ1n) is 9.02. The van der Waals surface area contributed by atoms with Crippen LogP contribution in [0.25, 0.3) is 11.0 Å². The van der Waals surface area contributed by atoms with Gasteiger partial charge in [0.05, 0.1) is 17.5 Å². The first-order chi connectivity index (χ1) is 12.0. The summed E-state index contributed by atoms with van der Waals surface area (Å²) in [5, 5.41) is 3.01. The topological polar surface area (TPSA) is 78.1 Å². The van der Waals surface area contributed by atoms with Crippen LogP contribution in [0.5, 0.6) is 0 Å². The minimum Gasteiger partial charge on any atom is -0.355 e. The number of rotatable bonds is 5. The number of nitrogens with one attached hydrogen (secondary N) is 2. The Hall–Kier alpha value is -2.37. The average Bonchev–Trinajstić information content (AvgIpc) is 3.01. The number of benzene rings is 1. The van der Waals surface area contributed by atoms with Crippen molar-refractivity contribution in [3.05, 3.63) is 30.1 Å². The molecule has 0 saturated carbocycles. The summed E-state index contributed by atoms with van der Waals surface area (Å²) in [4.78, 5) is 33.7. The van der Waals surface area contributed by atoms with Crippen molar-refractivity contribution < 1.29 is 9.59 Å². The highest BCUT2D eigenvalue weighted by Crippen LogP contribution is 2.18. The van der Waals surface area contributed by atoms with Gasteiger partial charge in [0.2, 0.25) is 11.8 Å². The van der Waals surface area contributed by atoms with Gasteiger partial charge < -0.3 is 15.2 Å². The highest BCUT2D eigenvalue weighted by molar-refractivity contribution is 5.80. The monoisotopic (exact) mass is 342 g/mol. The molecule has 0 spiro atoms. The molecule has 2 amide bonds. The number of piperidine rings is 1. The van der Waals surface area contributed by atoms with Gasteiger partial charge in [0, 0.05) is 25.6 Å². The molecule has 0 atom stereocenters. The fourth-order valence-electron chi connectivity index (χ4n) is 3.28. The highest BCUT2D eigenvalue weighted by Gasteiger charge is 2.24. The predicted octanol–water partition coefficient (Wildman–Crippen LogP) is 2.12. The summed E-state index contributed by atoms with van der Waals surface area (Å²) in [7, 11) is 0. The number of fused-ring (bicyclic) bond motifs is 1. The fraction of sp³-hybridized carbons (Fsp3) is 0.526. The second-order valence-corrected chi connectivity index (χ2v) is 7.10. The fourth-order valence-corrected chi connectivity index (χ4v) is 3.28. The molecule has 2 aromatic rings. The van der Waals surface area contributed by atoms with Crippen molar-refractivity contribution in [1.82, 2.24) is 20.2 Å². The summed E-state index contributed by atoms with van der Waals surface area (Å²) >= 11 is 0. The number of carbonyl (C=O) groups is 2. The first-order valence-corrected chi connectivity index (χ1v) is 9.02. The molecule has 0 unspecified atom stereocenters. The van der Waals surface area contributed by atoms with E-state index in [0.717, 1.165) is 37.0 Å². The standard InChI is InChI=1S/C19H26N4O2/c1-13(2)19(25)23-9-7-14(8-10-23)12-20-18(24)11-17-21-15-5-3-4-6-16(15)22-17/h3-6,13-14H,7-12H2,1-2H3,(H,20,24)(H,21,22). The third-order valence-electron chi connectivity index (χ3n) is 4.77. The molecule has 1 fully saturated rings. The van der Waals surface area contributed by atoms with Crippen LogP contribution >= 0.6 is 0 Å². The molecule has 1 aromatic heterocycles. The van der Waals surface area contributed by atoms with Gasteiger partial charge in [-0.05, 0) is 30.9 Å². The van der Waals surface area contributed by atoms with E-state index in [-0.39, 0.29) is 24.2 Å². The zero-order chi connectivity index (χ0) is 17.8. The van der Waals surface area contributed by atoms with Crippen molar-refractivity contribution in [2.24, 2.45) is 11.8 Å². The van der Waals surface area contributed by atoms with Crippen LogP contribution < -0.4 is 5.32 Å². The number of imidazole rings is 1. The Labute approximate surface area is 148 Å². The van der Waals surface area contributed by atoms with Gasteiger partial charge in [-0.3, -0.25) is 9.59 Å². The lowest BCUT2D eigenvalue weighted by molar-refractivity contribution is -0.136. The summed E-state index contributed by atoms with van der Waals surface area (Å²) in [6.07, 6.45) is 2.16. The van der Waals surface area contributed by atoms with E-state index in [4.69, 9.17) is 0 Å². The van der Waals surface area contributed by atoms with Gasteiger partial charge in [0.15, 0.2) is 0 Å². The maximum atomic E-state index is 12.2. The van der Waals surface area contributed by atoms with Crippen molar-refractivity contribution in [1.29, 1.82) is 0 Å². The van der Waals surface area contributed by atoms with Gasteiger partial charge in [-0.2, -0.15) is 0 Å². The number of nitrogens with zero attached hydrogens (tertiary/aromatic N) is 2. The smallest absolute Gasteiger partial charge is 0.227 e. The van der Waals surface area contributed by atoms with E-state index in [9.17, 15) is 9.59 Å². The minimum atomic E-state index is -0.0141. The third kappa shape index (κ3) is 4.38. The summed E-state index contributed by atoms with van der Waals surface area (Å²) in [6, 6.07) is 7.76. The van der Waals surface area contributed by atoms with Crippen LogP contribution in [-0.4, -0.2) is 46.3 Å². The molecular formula is C19H26N4O2. The number of amides is 2. The van der Waals surface area contributed by atoms with E-state index in [1.807, 2.05) is 43.0 Å². The van der Waals surface area contributed by atoms with Gasteiger partial charge in [0.1, 0.15) is 5.82 Å². The minimum absolute atomic E-state index is 0.0141. The van der Waals surface area contributed by atoms with Crippen LogP contribution in [0.1, 0.15) is 32.5 Å². The molecule has 134 valence electrons. The number of likely N-dealkylation sites (tertiary alicyclic amines) is 1. The van der Waals surface area contributed by atoms with Crippen molar-refractivity contribution >= 4 is 22.8 Å². The molecule has 25 heavy (non-hydrogen) atoms. The van der Waals surface area contributed by atoms with E-state index in [0.29, 0.717) is 18.3 Å². The maximum absolute atomic E-state index is 12.2. The van der Waals surface area contributed by atoms with Crippen molar-refractivity contribution in [3.8, 4) is 0 Å². The molecule has 6 nitrogen and oxygen atoms in total. The number of H-pyrrole nitrogens is 1. The van der Waals surface area contributed by atoms with Crippen LogP contribution in [0.15, 0.2) is 24.3 Å². The molecule has 0 aliphatic carbocycles. The number of aromatic nitrogens is 2. The van der Waals surface area contributed by atoms with Crippen molar-refractivity contribution in [2.75, 3.05) is 19.6 Å². The number of carbonyl (C=O) groups excluding carboxylic acids is 2. The summed E-state index contributed by atoms with van der Waals surface area (Å²) in [5.74, 6) is 1.40. The molecular weight excluding hydrogens is 316 g/mol. The summed E-state index contributed by atoms with van der Waals surface area (Å²) < 4.78 is 0. The van der Waals surface area contributed by atoms with Crippen LogP contribution in [-0.2, 0) is 16.0 Å². The summed E-state index contributed by atoms with van der Waals surface area (Å²) in [5.41, 5.74) is 1.83. The molecule has 6 heteroatoms. The average molecular weight is 342 g/mol. The maximum Gasteiger partial charge on any atom is 0.227 e. The lowest BCUT2D eigenvalue weighted by atomic mass is 9.96. The van der Waals surface area contributed by atoms with E-state index in [1.165, 1.54) is 0 Å². The van der Waals surface area contributed by atoms with Gasteiger partial charge in [-0.25, -0.2) is 4.98 Å². The number of hydrogen-bond donors (Lipinski definition) is 2. The largest absolute Gasteiger partial charge is 0.355 e. The van der Waals surface area contributed by atoms with Crippen LogP contribution in [0.3, 0.4) is 0 Å². The second kappa shape index (κ2) is 7.68. The molecule has 0 bridgehead atoms. The highest BCUT2D eigenvalue weighted by atomic mass is 16.2. The lowest BCUT2D eigenvalue weighted by Gasteiger charge is -2.33. The normalized spacial score (nSPS) is 15.7. The van der Waals surface area contributed by atoms with Gasteiger partial charge in [-0.1, -0.05) is 26.0 Å². The zero-order valence-corrected chi connectivity index (χ0v) is 14.9. The SMILES string of the molecule is CC(C)C(=O)N1CCC(CNC(=O)Cc2nc3ccccc3[nH]2)CC1. The molecule has 1 aliphatic heterocycles. The Morgan fingerprint density at radius 2 is 2.00 bits per heavy atom. The Morgan fingerprint density at radius 1 is 1.28 bits per heavy atom. The van der Waals surface area contributed by atoms with Crippen LogP contribution in [0.2, 0.25) is 0 Å². The Morgan fingerprint density at radius 3 is 2.68 bits per heavy atom. The van der Waals surface area contributed by atoms with E-state index in [1.54, 1.807) is 0 Å². The number of aromatic amines is 1. The third-order valence-corrected chi connectivity index (χ3v) is 4.77. The molecule has 3 rings (SSSR count). The number of para-hydroxylation sites is 2. The van der Waals surface area contributed by atoms with E-state index < -0.39 is 0 Å². The van der Waals surface area contributed by atoms with E-state index >= 15 is 0 Å². The summed E-state index contributed by atoms with van der Waals surface area (Å²) in [6.45, 7) is 6.13. The molecule has 1 aromatic carbocycles.